The van der Waals surface area contributed by atoms with Gasteiger partial charge in [-0.2, -0.15) is 0 Å². The summed E-state index contributed by atoms with van der Waals surface area (Å²) in [5.41, 5.74) is 6.45. The van der Waals surface area contributed by atoms with Crippen LogP contribution in [0.3, 0.4) is 0 Å². The Morgan fingerprint density at radius 2 is 2.11 bits per heavy atom. The van der Waals surface area contributed by atoms with Gasteiger partial charge in [0.15, 0.2) is 0 Å². The molecule has 0 aromatic heterocycles. The molecular weight excluding hydrogens is 297 g/mol. The minimum absolute atomic E-state index is 0.103. The number of Topliss-reactive ketones (excluding diaryl/α,β-unsaturated/α-hetero) is 1. The van der Waals surface area contributed by atoms with Crippen molar-refractivity contribution in [3.8, 4) is 0 Å². The average molecular weight is 316 g/mol. The van der Waals surface area contributed by atoms with Crippen LogP contribution in [0.25, 0.3) is 0 Å². The van der Waals surface area contributed by atoms with Crippen molar-refractivity contribution in [2.45, 2.75) is 26.7 Å². The summed E-state index contributed by atoms with van der Waals surface area (Å²) in [6, 6.07) is 4.66. The van der Waals surface area contributed by atoms with Crippen LogP contribution < -0.4 is 5.73 Å². The van der Waals surface area contributed by atoms with E-state index in [2.05, 4.69) is 29.8 Å². The first kappa shape index (κ1) is 15.3. The van der Waals surface area contributed by atoms with Crippen molar-refractivity contribution < 1.29 is 9.18 Å². The molecule has 0 saturated heterocycles. The predicted octanol–water partition coefficient (Wildman–Crippen LogP) is 3.32. The highest BCUT2D eigenvalue weighted by molar-refractivity contribution is 9.10. The third-order valence-corrected chi connectivity index (χ3v) is 3.47. The number of benzene rings is 1. The summed E-state index contributed by atoms with van der Waals surface area (Å²) >= 11 is 3.12. The Morgan fingerprint density at radius 3 is 2.61 bits per heavy atom. The van der Waals surface area contributed by atoms with Crippen LogP contribution in [0.5, 0.6) is 0 Å². The molecule has 1 aromatic carbocycles. The molecule has 0 fully saturated rings. The minimum Gasteiger partial charge on any atom is -0.330 e. The maximum absolute atomic E-state index is 13.1. The van der Waals surface area contributed by atoms with Gasteiger partial charge in [0.2, 0.25) is 0 Å². The zero-order valence-corrected chi connectivity index (χ0v) is 12.3. The van der Waals surface area contributed by atoms with Crippen molar-refractivity contribution in [2.75, 3.05) is 6.54 Å². The van der Waals surface area contributed by atoms with Crippen LogP contribution in [-0.2, 0) is 11.2 Å². The fourth-order valence-corrected chi connectivity index (χ4v) is 2.35. The molecule has 1 aromatic rings. The summed E-state index contributed by atoms with van der Waals surface area (Å²) < 4.78 is 13.5. The van der Waals surface area contributed by atoms with Crippen LogP contribution in [0, 0.1) is 17.7 Å². The molecule has 0 aliphatic heterocycles. The van der Waals surface area contributed by atoms with Gasteiger partial charge in [-0.25, -0.2) is 4.39 Å². The highest BCUT2D eigenvalue weighted by Crippen LogP contribution is 2.19. The Balaban J connectivity index is 2.70. The smallest absolute Gasteiger partial charge is 0.141 e. The topological polar surface area (TPSA) is 43.1 Å². The number of rotatable bonds is 6. The fourth-order valence-electron chi connectivity index (χ4n) is 1.92. The number of halogens is 2. The molecule has 1 unspecified atom stereocenters. The van der Waals surface area contributed by atoms with E-state index in [0.717, 1.165) is 12.0 Å². The summed E-state index contributed by atoms with van der Waals surface area (Å²) in [6.07, 6.45) is 1.12. The second kappa shape index (κ2) is 7.00. The lowest BCUT2D eigenvalue weighted by atomic mass is 9.90. The summed E-state index contributed by atoms with van der Waals surface area (Å²) in [7, 11) is 0. The molecule has 0 aliphatic rings. The van der Waals surface area contributed by atoms with Gasteiger partial charge in [0.1, 0.15) is 11.6 Å². The first-order valence-electron chi connectivity index (χ1n) is 6.10. The van der Waals surface area contributed by atoms with Crippen LogP contribution in [0.2, 0.25) is 0 Å². The van der Waals surface area contributed by atoms with Gasteiger partial charge >= 0.3 is 0 Å². The van der Waals surface area contributed by atoms with Gasteiger partial charge in [-0.1, -0.05) is 19.9 Å². The molecule has 0 saturated carbocycles. The average Bonchev–Trinajstić information content (AvgIpc) is 2.30. The Bertz CT molecular complexity index is 420. The lowest BCUT2D eigenvalue weighted by Crippen LogP contribution is -2.26. The van der Waals surface area contributed by atoms with Gasteiger partial charge in [-0.3, -0.25) is 4.79 Å². The van der Waals surface area contributed by atoms with E-state index in [0.29, 0.717) is 23.4 Å². The number of hydrogen-bond donors (Lipinski definition) is 1. The molecule has 100 valence electrons. The molecule has 0 heterocycles. The number of carbonyl (C=O) groups is 1. The second-order valence-corrected chi connectivity index (χ2v) is 5.81. The Labute approximate surface area is 116 Å². The highest BCUT2D eigenvalue weighted by Gasteiger charge is 2.18. The molecule has 18 heavy (non-hydrogen) atoms. The Kier molecular flexibility index (Phi) is 5.96. The van der Waals surface area contributed by atoms with E-state index in [1.807, 2.05) is 0 Å². The normalized spacial score (nSPS) is 12.8. The lowest BCUT2D eigenvalue weighted by molar-refractivity contribution is -0.122. The molecule has 2 N–H and O–H groups in total. The van der Waals surface area contributed by atoms with Crippen molar-refractivity contribution in [2.24, 2.45) is 17.6 Å². The Morgan fingerprint density at radius 1 is 1.44 bits per heavy atom. The van der Waals surface area contributed by atoms with Gasteiger partial charge in [0.05, 0.1) is 4.47 Å². The molecule has 0 amide bonds. The van der Waals surface area contributed by atoms with E-state index in [-0.39, 0.29) is 17.5 Å². The van der Waals surface area contributed by atoms with Crippen molar-refractivity contribution in [3.05, 3.63) is 34.1 Å². The predicted molar refractivity (Wildman–Crippen MR) is 74.8 cm³/mol. The summed E-state index contributed by atoms with van der Waals surface area (Å²) in [5, 5.41) is 0. The summed E-state index contributed by atoms with van der Waals surface area (Å²) in [4.78, 5) is 12.1. The van der Waals surface area contributed by atoms with Crippen LogP contribution in [0.4, 0.5) is 4.39 Å². The van der Waals surface area contributed by atoms with Crippen LogP contribution >= 0.6 is 15.9 Å². The molecule has 0 bridgehead atoms. The van der Waals surface area contributed by atoms with Crippen LogP contribution in [0.15, 0.2) is 22.7 Å². The molecule has 0 spiro atoms. The van der Waals surface area contributed by atoms with E-state index in [9.17, 15) is 9.18 Å². The van der Waals surface area contributed by atoms with E-state index >= 15 is 0 Å². The van der Waals surface area contributed by atoms with E-state index in [1.54, 1.807) is 12.1 Å². The van der Waals surface area contributed by atoms with Crippen molar-refractivity contribution in [1.82, 2.24) is 0 Å². The first-order valence-corrected chi connectivity index (χ1v) is 6.90. The van der Waals surface area contributed by atoms with Crippen molar-refractivity contribution >= 4 is 21.7 Å². The highest BCUT2D eigenvalue weighted by atomic mass is 79.9. The number of ketones is 1. The van der Waals surface area contributed by atoms with Gasteiger partial charge in [-0.15, -0.1) is 0 Å². The first-order chi connectivity index (χ1) is 8.43. The van der Waals surface area contributed by atoms with E-state index in [1.165, 1.54) is 6.07 Å². The monoisotopic (exact) mass is 315 g/mol. The van der Waals surface area contributed by atoms with Gasteiger partial charge in [0, 0.05) is 18.9 Å². The zero-order chi connectivity index (χ0) is 13.7. The fraction of sp³-hybridized carbons (Fsp3) is 0.500. The summed E-state index contributed by atoms with van der Waals surface area (Å²) in [5.74, 6) is 0.157. The summed E-state index contributed by atoms with van der Waals surface area (Å²) in [6.45, 7) is 4.52. The molecule has 0 radical (unpaired) electrons. The van der Waals surface area contributed by atoms with Crippen LogP contribution in [-0.4, -0.2) is 12.3 Å². The van der Waals surface area contributed by atoms with Gasteiger partial charge in [0.25, 0.3) is 0 Å². The molecular formula is C14H19BrFNO. The molecule has 1 rings (SSSR count). The third kappa shape index (κ3) is 4.50. The van der Waals surface area contributed by atoms with Crippen LogP contribution in [0.1, 0.15) is 25.8 Å². The minimum atomic E-state index is -0.316. The number of hydrogen-bond acceptors (Lipinski definition) is 2. The van der Waals surface area contributed by atoms with E-state index < -0.39 is 0 Å². The molecule has 0 aliphatic carbocycles. The van der Waals surface area contributed by atoms with Gasteiger partial charge in [-0.05, 0) is 46.0 Å². The molecule has 2 nitrogen and oxygen atoms in total. The quantitative estimate of drug-likeness (QED) is 0.875. The third-order valence-electron chi connectivity index (χ3n) is 2.86. The van der Waals surface area contributed by atoms with Crippen molar-refractivity contribution in [3.63, 3.8) is 0 Å². The zero-order valence-electron chi connectivity index (χ0n) is 10.7. The number of nitrogens with two attached hydrogens (primary N) is 1. The largest absolute Gasteiger partial charge is 0.330 e. The molecule has 1 atom stereocenters. The lowest BCUT2D eigenvalue weighted by Gasteiger charge is -2.15. The van der Waals surface area contributed by atoms with Gasteiger partial charge < -0.3 is 5.73 Å². The van der Waals surface area contributed by atoms with Crippen molar-refractivity contribution in [1.29, 1.82) is 0 Å². The van der Waals surface area contributed by atoms with E-state index in [4.69, 9.17) is 5.73 Å². The second-order valence-electron chi connectivity index (χ2n) is 4.95. The Hall–Kier alpha value is -0.740. The number of carbonyl (C=O) groups excluding carboxylic acids is 1. The maximum Gasteiger partial charge on any atom is 0.141 e. The SMILES string of the molecule is CC(C)CC(CN)C(=O)Cc1ccc(F)c(Br)c1. The standard InChI is InChI=1S/C14H19BrFNO/c1-9(2)5-11(8-17)14(18)7-10-3-4-13(16)12(15)6-10/h3-4,6,9,11H,5,7-8,17H2,1-2H3. The molecule has 4 heteroatoms. The maximum atomic E-state index is 13.1.